The van der Waals surface area contributed by atoms with Crippen LogP contribution in [0.2, 0.25) is 5.02 Å². The molecule has 6 aromatic carbocycles. The molecule has 2 aromatic heterocycles. The number of ketones is 1. The number of amidine groups is 1. The van der Waals surface area contributed by atoms with Crippen molar-refractivity contribution in [1.82, 2.24) is 28.9 Å². The minimum atomic E-state index is -4.32. The van der Waals surface area contributed by atoms with Crippen LogP contribution in [0.15, 0.2) is 150 Å². The average molecular weight is 1610 g/mol. The molecule has 0 fully saturated rings. The molecule has 114 heavy (non-hydrogen) atoms. The number of para-hydroxylation sites is 3. The number of rotatable bonds is 39. The maximum atomic E-state index is 14.9. The van der Waals surface area contributed by atoms with Crippen LogP contribution < -0.4 is 30.2 Å². The largest absolute Gasteiger partial charge is 0.495 e. The first-order chi connectivity index (χ1) is 54.6. The lowest BCUT2D eigenvalue weighted by molar-refractivity contribution is -0.136. The van der Waals surface area contributed by atoms with E-state index in [1.165, 1.54) is 113 Å². The number of esters is 4. The number of amides is 3. The Hall–Kier alpha value is -10.8. The van der Waals surface area contributed by atoms with E-state index in [1.807, 2.05) is 64.1 Å². The highest BCUT2D eigenvalue weighted by atomic mass is 35.5. The first-order valence-electron chi connectivity index (χ1n) is 38.9. The fourth-order valence-electron chi connectivity index (χ4n) is 12.4. The van der Waals surface area contributed by atoms with Gasteiger partial charge in [-0.2, -0.15) is 0 Å². The lowest BCUT2D eigenvalue weighted by Gasteiger charge is -2.34. The van der Waals surface area contributed by atoms with Gasteiger partial charge in [-0.1, -0.05) is 221 Å². The van der Waals surface area contributed by atoms with Crippen LogP contribution in [-0.4, -0.2) is 132 Å². The number of imidazole rings is 1. The molecule has 612 valence electrons. The number of carbonyl (C=O) groups is 8. The molecular formula is C86H109ClN10O16S. The quantitative estimate of drug-likeness (QED) is 0.0106. The second kappa shape index (κ2) is 45.2. The Morgan fingerprint density at radius 3 is 1.87 bits per heavy atom. The first-order valence-corrected chi connectivity index (χ1v) is 40.8. The van der Waals surface area contributed by atoms with Crippen LogP contribution in [0.4, 0.5) is 22.7 Å². The number of anilines is 3. The van der Waals surface area contributed by atoms with Crippen LogP contribution in [0.3, 0.4) is 0 Å². The molecule has 9 rings (SSSR count). The molecular weight excluding hydrogens is 1500 g/mol. The van der Waals surface area contributed by atoms with E-state index < -0.39 is 68.6 Å². The van der Waals surface area contributed by atoms with E-state index in [4.69, 9.17) is 45.0 Å². The van der Waals surface area contributed by atoms with Crippen molar-refractivity contribution in [3.63, 3.8) is 0 Å². The molecule has 0 saturated carbocycles. The number of aryl methyl sites for hydroxylation is 2. The molecule has 3 heterocycles. The summed E-state index contributed by atoms with van der Waals surface area (Å²) in [5.74, 6) is -3.57. The fraction of sp³-hybridized carbons (Fsp3) is 0.442. The van der Waals surface area contributed by atoms with Crippen LogP contribution in [0.25, 0.3) is 11.0 Å². The Morgan fingerprint density at radius 1 is 0.632 bits per heavy atom. The highest BCUT2D eigenvalue weighted by Gasteiger charge is 2.44. The van der Waals surface area contributed by atoms with Crippen molar-refractivity contribution in [2.45, 2.75) is 201 Å². The SMILES string of the molecule is CC(=O)Oc1ccccc1.CCCCCCCCCCCCCCCCCCN1C(C(C(=O)Nc2cc(C(=O)OCC(C)CC)ccc2OC)n2cnc(C(=O)OC)c2C(=O)OC)=Nc2ccccc2S1(=O)=O.Cc1ccc(OCCCC(=O)Nc2ccc(Cl)c(NC(=O)C(C(=O)C(C)(C)C)n3nnc4ccccc43)c2)c(C)c1. The molecule has 28 heteroatoms. The van der Waals surface area contributed by atoms with Crippen LogP contribution >= 0.6 is 11.6 Å². The number of fused-ring (bicyclic) bond motifs is 2. The van der Waals surface area contributed by atoms with E-state index in [0.717, 1.165) is 84.8 Å². The number of ether oxygens (including phenoxy) is 6. The summed E-state index contributed by atoms with van der Waals surface area (Å²) in [6.07, 6.45) is 21.0. The van der Waals surface area contributed by atoms with Gasteiger partial charge in [0.15, 0.2) is 35.1 Å². The minimum Gasteiger partial charge on any atom is -0.495 e. The van der Waals surface area contributed by atoms with Crippen LogP contribution in [0.1, 0.15) is 225 Å². The van der Waals surface area contributed by atoms with E-state index in [1.54, 1.807) is 87.5 Å². The number of aromatic nitrogens is 5. The number of methoxy groups -OCH3 is 3. The monoisotopic (exact) mass is 1600 g/mol. The summed E-state index contributed by atoms with van der Waals surface area (Å²) in [5, 5.41) is 16.8. The molecule has 0 radical (unpaired) electrons. The number of hydrogen-bond donors (Lipinski definition) is 3. The third kappa shape index (κ3) is 26.4. The van der Waals surface area contributed by atoms with Crippen molar-refractivity contribution in [3.8, 4) is 17.2 Å². The van der Waals surface area contributed by atoms with E-state index in [2.05, 4.69) is 38.2 Å². The molecule has 0 spiro atoms. The van der Waals surface area contributed by atoms with Gasteiger partial charge in [-0.25, -0.2) is 37.5 Å². The summed E-state index contributed by atoms with van der Waals surface area (Å²) < 4.78 is 64.1. The van der Waals surface area contributed by atoms with E-state index in [9.17, 15) is 46.8 Å². The second-order valence-corrected chi connectivity index (χ2v) is 31.2. The molecule has 8 aromatic rings. The zero-order valence-electron chi connectivity index (χ0n) is 67.5. The Morgan fingerprint density at radius 2 is 1.25 bits per heavy atom. The van der Waals surface area contributed by atoms with Crippen molar-refractivity contribution in [3.05, 3.63) is 173 Å². The Bertz CT molecular complexity index is 4710. The lowest BCUT2D eigenvalue weighted by Crippen LogP contribution is -2.48. The van der Waals surface area contributed by atoms with Gasteiger partial charge in [-0.3, -0.25) is 28.3 Å². The highest BCUT2D eigenvalue weighted by molar-refractivity contribution is 7.90. The normalized spacial score (nSPS) is 12.9. The predicted octanol–water partition coefficient (Wildman–Crippen LogP) is 17.7. The van der Waals surface area contributed by atoms with E-state index >= 15 is 0 Å². The molecule has 0 saturated heterocycles. The number of nitrogens with one attached hydrogen (secondary N) is 3. The van der Waals surface area contributed by atoms with Gasteiger partial charge in [0.25, 0.3) is 21.8 Å². The lowest BCUT2D eigenvalue weighted by atomic mass is 9.86. The minimum absolute atomic E-state index is 0.0370. The zero-order chi connectivity index (χ0) is 82.9. The predicted molar refractivity (Wildman–Crippen MR) is 440 cm³/mol. The molecule has 0 aliphatic carbocycles. The number of aliphatic imine (C=N–C) groups is 1. The third-order valence-corrected chi connectivity index (χ3v) is 21.0. The number of carbonyl (C=O) groups excluding carboxylic acids is 8. The standard InChI is InChI=1S/C47H67N5O10S.C31H34ClN5O4.C8H8O2/c1-7-9-10-11-12-13-14-15-16-17-18-19-20-21-22-25-30-52-43(49-36-26-23-24-27-39(36)63(52,57)58)42(51-33-48-40(46(55)60-5)41(51)47(56)61-6)44(53)50-37-31-35(28-29-38(37)59-4)45(54)62-32-34(3)8-2;1-19-12-15-26(20(2)17-19)41-16-8-11-27(38)33-21-13-14-22(32)24(18-21)34-30(40)28(29(39)31(3,4)5)37-25-10-7-6-9-23(25)35-36-37;1-7(9)10-8-5-3-2-4-6-8/h23-24,26-29,31,33-34,42H,7-22,25,30,32H2,1-6H3,(H,50,53);6-7,9-10,12-15,17-18,28H,8,11,16H2,1-5H3,(H,33,38)(H,34,40);2-6H,1H3. The molecule has 1 aliphatic rings. The van der Waals surface area contributed by atoms with Gasteiger partial charge in [0.05, 0.1) is 74.0 Å². The van der Waals surface area contributed by atoms with Gasteiger partial charge in [0.2, 0.25) is 5.91 Å². The van der Waals surface area contributed by atoms with Gasteiger partial charge in [0.1, 0.15) is 27.7 Å². The van der Waals surface area contributed by atoms with Crippen molar-refractivity contribution in [2.24, 2.45) is 16.3 Å². The fourth-order valence-corrected chi connectivity index (χ4v) is 14.2. The molecule has 3 amide bonds. The second-order valence-electron chi connectivity index (χ2n) is 29.0. The summed E-state index contributed by atoms with van der Waals surface area (Å²) in [6.45, 7) is 17.4. The topological polar surface area (TPSA) is 326 Å². The maximum Gasteiger partial charge on any atom is 0.359 e. The van der Waals surface area contributed by atoms with Gasteiger partial charge < -0.3 is 48.9 Å². The van der Waals surface area contributed by atoms with Crippen LogP contribution in [-0.2, 0) is 48.2 Å². The Labute approximate surface area is 673 Å². The summed E-state index contributed by atoms with van der Waals surface area (Å²) in [4.78, 5) is 113. The molecule has 3 unspecified atom stereocenters. The Kier molecular flexibility index (Phi) is 35.8. The van der Waals surface area contributed by atoms with Crippen molar-refractivity contribution in [2.75, 3.05) is 57.0 Å². The number of benzene rings is 6. The number of halogens is 1. The van der Waals surface area contributed by atoms with Gasteiger partial charge >= 0.3 is 23.9 Å². The number of unbranched alkanes of at least 4 members (excludes halogenated alkanes) is 15. The van der Waals surface area contributed by atoms with Crippen molar-refractivity contribution in [1.29, 1.82) is 0 Å². The molecule has 26 nitrogen and oxygen atoms in total. The summed E-state index contributed by atoms with van der Waals surface area (Å²) in [7, 11) is -0.738. The number of hydrogen-bond acceptors (Lipinski definition) is 20. The maximum absolute atomic E-state index is 14.9. The van der Waals surface area contributed by atoms with Crippen molar-refractivity contribution >= 4 is 109 Å². The van der Waals surface area contributed by atoms with Crippen molar-refractivity contribution < 1.29 is 75.2 Å². The average Bonchev–Trinajstić information content (AvgIpc) is 1.10. The summed E-state index contributed by atoms with van der Waals surface area (Å²) in [5.41, 5.74) is 2.50. The molecule has 0 bridgehead atoms. The van der Waals surface area contributed by atoms with E-state index in [0.29, 0.717) is 41.9 Å². The first kappa shape index (κ1) is 90.4. The Balaban J connectivity index is 0.000000299. The number of sulfonamides is 1. The third-order valence-electron chi connectivity index (χ3n) is 18.9. The molecule has 3 N–H and O–H groups in total. The van der Waals surface area contributed by atoms with Gasteiger partial charge in [-0.15, -0.1) is 5.10 Å². The number of nitrogens with zero attached hydrogens (tertiary/aromatic N) is 7. The molecule has 3 atom stereocenters. The highest BCUT2D eigenvalue weighted by Crippen LogP contribution is 2.38. The summed E-state index contributed by atoms with van der Waals surface area (Å²) in [6, 6.07) is 34.3. The molecule has 1 aliphatic heterocycles. The van der Waals surface area contributed by atoms with Crippen LogP contribution in [0, 0.1) is 25.2 Å². The van der Waals surface area contributed by atoms with Gasteiger partial charge in [0, 0.05) is 31.0 Å². The van der Waals surface area contributed by atoms with Crippen LogP contribution in [0.5, 0.6) is 17.2 Å². The summed E-state index contributed by atoms with van der Waals surface area (Å²) >= 11 is 6.39. The smallest absolute Gasteiger partial charge is 0.359 e. The zero-order valence-corrected chi connectivity index (χ0v) is 69.1. The van der Waals surface area contributed by atoms with E-state index in [-0.39, 0.29) is 87.3 Å². The van der Waals surface area contributed by atoms with Gasteiger partial charge in [-0.05, 0) is 117 Å². The number of Topliss-reactive ketones (excluding diaryl/α,β-unsaturated/α-hetero) is 1.